The van der Waals surface area contributed by atoms with E-state index in [2.05, 4.69) is 9.88 Å². The first-order valence-corrected chi connectivity index (χ1v) is 10.6. The predicted octanol–water partition coefficient (Wildman–Crippen LogP) is 1.21. The van der Waals surface area contributed by atoms with Crippen LogP contribution < -0.4 is 0 Å². The summed E-state index contributed by atoms with van der Waals surface area (Å²) in [6.07, 6.45) is 1.59. The maximum atomic E-state index is 12.9. The Morgan fingerprint density at radius 1 is 1.00 bits per heavy atom. The molecule has 0 bridgehead atoms. The molecule has 0 spiro atoms. The highest BCUT2D eigenvalue weighted by Crippen LogP contribution is 2.29. The summed E-state index contributed by atoms with van der Waals surface area (Å²) in [4.78, 5) is 20.9. The van der Waals surface area contributed by atoms with Gasteiger partial charge in [-0.3, -0.25) is 14.7 Å². The standard InChI is InChI=1S/C19H21N3O3S/c23-19(16-8-4-5-9-20-16)22-11-10-21(12-15-6-2-1-3-7-15)17-13-26(24,25)14-18(17)22/h1-9,17-18H,10-14H2. The number of rotatable bonds is 3. The Balaban J connectivity index is 1.59. The van der Waals surface area contributed by atoms with E-state index in [0.717, 1.165) is 5.56 Å². The number of amides is 1. The monoisotopic (exact) mass is 371 g/mol. The van der Waals surface area contributed by atoms with Crippen LogP contribution in [0.5, 0.6) is 0 Å². The fraction of sp³-hybridized carbons (Fsp3) is 0.368. The first-order chi connectivity index (χ1) is 12.5. The van der Waals surface area contributed by atoms with Crippen LogP contribution in [-0.2, 0) is 16.4 Å². The lowest BCUT2D eigenvalue weighted by molar-refractivity contribution is 0.0301. The second-order valence-corrected chi connectivity index (χ2v) is 9.04. The number of hydrogen-bond donors (Lipinski definition) is 0. The maximum absolute atomic E-state index is 12.9. The van der Waals surface area contributed by atoms with Gasteiger partial charge in [0.1, 0.15) is 5.69 Å². The zero-order valence-electron chi connectivity index (χ0n) is 14.4. The fourth-order valence-electron chi connectivity index (χ4n) is 3.93. The molecular weight excluding hydrogens is 350 g/mol. The van der Waals surface area contributed by atoms with Gasteiger partial charge in [0.2, 0.25) is 0 Å². The Morgan fingerprint density at radius 3 is 2.46 bits per heavy atom. The zero-order valence-corrected chi connectivity index (χ0v) is 15.2. The van der Waals surface area contributed by atoms with Crippen LogP contribution in [0, 0.1) is 0 Å². The Kier molecular flexibility index (Phi) is 4.50. The van der Waals surface area contributed by atoms with E-state index >= 15 is 0 Å². The number of carbonyl (C=O) groups excluding carboxylic acids is 1. The molecule has 1 aromatic carbocycles. The largest absolute Gasteiger partial charge is 0.330 e. The number of pyridine rings is 1. The lowest BCUT2D eigenvalue weighted by atomic mass is 10.0. The third kappa shape index (κ3) is 3.37. The molecule has 2 aliphatic rings. The van der Waals surface area contributed by atoms with Crippen LogP contribution >= 0.6 is 0 Å². The van der Waals surface area contributed by atoms with Crippen molar-refractivity contribution in [3.8, 4) is 0 Å². The average Bonchev–Trinajstić information content (AvgIpc) is 2.98. The van der Waals surface area contributed by atoms with E-state index in [9.17, 15) is 13.2 Å². The van der Waals surface area contributed by atoms with Crippen LogP contribution in [0.3, 0.4) is 0 Å². The van der Waals surface area contributed by atoms with Crippen molar-refractivity contribution in [2.24, 2.45) is 0 Å². The third-order valence-electron chi connectivity index (χ3n) is 5.16. The molecule has 0 N–H and O–H groups in total. The number of hydrogen-bond acceptors (Lipinski definition) is 5. The van der Waals surface area contributed by atoms with Gasteiger partial charge in [-0.15, -0.1) is 0 Å². The minimum Gasteiger partial charge on any atom is -0.330 e. The normalized spacial score (nSPS) is 25.0. The van der Waals surface area contributed by atoms with Crippen molar-refractivity contribution in [1.82, 2.24) is 14.8 Å². The van der Waals surface area contributed by atoms with E-state index in [-0.39, 0.29) is 29.5 Å². The summed E-state index contributed by atoms with van der Waals surface area (Å²) in [5, 5.41) is 0. The predicted molar refractivity (Wildman–Crippen MR) is 98.4 cm³/mol. The van der Waals surface area contributed by atoms with Gasteiger partial charge in [0.25, 0.3) is 5.91 Å². The SMILES string of the molecule is O=C(c1ccccn1)N1CCN(Cc2ccccc2)C2CS(=O)(=O)CC21. The number of nitrogens with zero attached hydrogens (tertiary/aromatic N) is 3. The molecule has 26 heavy (non-hydrogen) atoms. The van der Waals surface area contributed by atoms with Crippen molar-refractivity contribution in [2.45, 2.75) is 18.6 Å². The van der Waals surface area contributed by atoms with E-state index in [4.69, 9.17) is 0 Å². The van der Waals surface area contributed by atoms with Crippen LogP contribution in [0.1, 0.15) is 16.1 Å². The molecule has 0 radical (unpaired) electrons. The molecule has 4 rings (SSSR count). The molecular formula is C19H21N3O3S. The van der Waals surface area contributed by atoms with Crippen molar-refractivity contribution in [3.05, 3.63) is 66.0 Å². The second kappa shape index (κ2) is 6.81. The number of piperazine rings is 1. The molecule has 0 saturated carbocycles. The summed E-state index contributed by atoms with van der Waals surface area (Å²) in [6.45, 7) is 1.87. The van der Waals surface area contributed by atoms with E-state index in [0.29, 0.717) is 25.3 Å². The van der Waals surface area contributed by atoms with E-state index < -0.39 is 9.84 Å². The second-order valence-electron chi connectivity index (χ2n) is 6.88. The summed E-state index contributed by atoms with van der Waals surface area (Å²) in [5.74, 6) is -0.0463. The molecule has 1 amide bonds. The first-order valence-electron chi connectivity index (χ1n) is 8.74. The molecule has 0 aliphatic carbocycles. The van der Waals surface area contributed by atoms with Crippen LogP contribution in [0.2, 0.25) is 0 Å². The van der Waals surface area contributed by atoms with Gasteiger partial charge < -0.3 is 4.90 Å². The van der Waals surface area contributed by atoms with Gasteiger partial charge >= 0.3 is 0 Å². The van der Waals surface area contributed by atoms with Gasteiger partial charge in [0.15, 0.2) is 9.84 Å². The number of sulfone groups is 1. The van der Waals surface area contributed by atoms with E-state index in [1.165, 1.54) is 0 Å². The zero-order chi connectivity index (χ0) is 18.1. The number of aromatic nitrogens is 1. The summed E-state index contributed by atoms with van der Waals surface area (Å²) in [7, 11) is -3.16. The molecule has 136 valence electrons. The highest BCUT2D eigenvalue weighted by molar-refractivity contribution is 7.91. The van der Waals surface area contributed by atoms with Gasteiger partial charge in [-0.1, -0.05) is 36.4 Å². The summed E-state index contributed by atoms with van der Waals surface area (Å²) >= 11 is 0. The van der Waals surface area contributed by atoms with Gasteiger partial charge in [-0.05, 0) is 17.7 Å². The Bertz CT molecular complexity index is 887. The van der Waals surface area contributed by atoms with Crippen molar-refractivity contribution >= 4 is 15.7 Å². The average molecular weight is 371 g/mol. The lowest BCUT2D eigenvalue weighted by Gasteiger charge is -2.43. The fourth-order valence-corrected chi connectivity index (χ4v) is 5.94. The topological polar surface area (TPSA) is 70.6 Å². The molecule has 2 unspecified atom stereocenters. The van der Waals surface area contributed by atoms with Crippen LogP contribution in [0.4, 0.5) is 0 Å². The smallest absolute Gasteiger partial charge is 0.272 e. The maximum Gasteiger partial charge on any atom is 0.272 e. The molecule has 2 saturated heterocycles. The summed E-state index contributed by atoms with van der Waals surface area (Å²) < 4.78 is 24.6. The number of benzene rings is 1. The third-order valence-corrected chi connectivity index (χ3v) is 6.86. The van der Waals surface area contributed by atoms with Crippen LogP contribution in [-0.4, -0.2) is 65.8 Å². The van der Waals surface area contributed by atoms with E-state index in [1.807, 2.05) is 30.3 Å². The highest BCUT2D eigenvalue weighted by Gasteiger charge is 2.48. The van der Waals surface area contributed by atoms with Crippen LogP contribution in [0.15, 0.2) is 54.7 Å². The van der Waals surface area contributed by atoms with Gasteiger partial charge in [-0.25, -0.2) is 8.42 Å². The van der Waals surface area contributed by atoms with Gasteiger partial charge in [0, 0.05) is 31.9 Å². The van der Waals surface area contributed by atoms with Crippen molar-refractivity contribution < 1.29 is 13.2 Å². The van der Waals surface area contributed by atoms with E-state index in [1.54, 1.807) is 29.3 Å². The summed E-state index contributed by atoms with van der Waals surface area (Å²) in [6, 6.07) is 14.8. The first kappa shape index (κ1) is 17.2. The molecule has 2 aliphatic heterocycles. The Morgan fingerprint density at radius 2 is 1.73 bits per heavy atom. The highest BCUT2D eigenvalue weighted by atomic mass is 32.2. The lowest BCUT2D eigenvalue weighted by Crippen LogP contribution is -2.60. The van der Waals surface area contributed by atoms with Crippen molar-refractivity contribution in [1.29, 1.82) is 0 Å². The van der Waals surface area contributed by atoms with Crippen molar-refractivity contribution in [2.75, 3.05) is 24.6 Å². The molecule has 1 aromatic heterocycles. The minimum absolute atomic E-state index is 0.0293. The molecule has 7 heteroatoms. The van der Waals surface area contributed by atoms with Gasteiger partial charge in [-0.2, -0.15) is 0 Å². The Labute approximate surface area is 153 Å². The molecule has 2 aromatic rings. The van der Waals surface area contributed by atoms with Crippen molar-refractivity contribution in [3.63, 3.8) is 0 Å². The summed E-state index contributed by atoms with van der Waals surface area (Å²) in [5.41, 5.74) is 1.52. The number of carbonyl (C=O) groups is 1. The molecule has 2 atom stereocenters. The molecule has 3 heterocycles. The Hall–Kier alpha value is -2.25. The molecule has 2 fully saturated rings. The molecule has 6 nitrogen and oxygen atoms in total. The minimum atomic E-state index is -3.16. The van der Waals surface area contributed by atoms with Crippen LogP contribution in [0.25, 0.3) is 0 Å². The van der Waals surface area contributed by atoms with Gasteiger partial charge in [0.05, 0.1) is 17.5 Å². The quantitative estimate of drug-likeness (QED) is 0.811. The number of fused-ring (bicyclic) bond motifs is 1.